The first-order valence-electron chi connectivity index (χ1n) is 26.4. The molecule has 0 saturated carbocycles. The van der Waals surface area contributed by atoms with Gasteiger partial charge >= 0.3 is 0 Å². The third-order valence-corrected chi connectivity index (χ3v) is 13.2. The van der Waals surface area contributed by atoms with Crippen molar-refractivity contribution in [1.82, 2.24) is 5.32 Å². The number of carbonyl (C=O) groups is 1. The molecule has 0 aliphatic carbocycles. The van der Waals surface area contributed by atoms with E-state index in [0.29, 0.717) is 6.42 Å². The molecule has 2 saturated heterocycles. The van der Waals surface area contributed by atoms with Crippen molar-refractivity contribution in [3.05, 3.63) is 12.2 Å². The number of allylic oxidation sites excluding steroid dienone is 1. The zero-order valence-corrected chi connectivity index (χ0v) is 40.7. The lowest BCUT2D eigenvalue weighted by molar-refractivity contribution is -0.359. The van der Waals surface area contributed by atoms with Crippen LogP contribution in [0.4, 0.5) is 0 Å². The van der Waals surface area contributed by atoms with Gasteiger partial charge in [-0.25, -0.2) is 0 Å². The normalized spacial score (nSPS) is 27.0. The second-order valence-electron chi connectivity index (χ2n) is 19.0. The van der Waals surface area contributed by atoms with Crippen LogP contribution in [0.25, 0.3) is 0 Å². The second kappa shape index (κ2) is 38.6. The number of hydrogen-bond donors (Lipinski definition) is 9. The Bertz CT molecular complexity index is 1150. The molecule has 0 bridgehead atoms. The maximum Gasteiger partial charge on any atom is 0.220 e. The van der Waals surface area contributed by atoms with Gasteiger partial charge in [0.15, 0.2) is 12.6 Å². The average Bonchev–Trinajstić information content (AvgIpc) is 3.30. The van der Waals surface area contributed by atoms with Crippen molar-refractivity contribution in [2.75, 3.05) is 19.8 Å². The molecule has 65 heavy (non-hydrogen) atoms. The summed E-state index contributed by atoms with van der Waals surface area (Å²) < 4.78 is 22.6. The maximum absolute atomic E-state index is 13.0. The Kier molecular flexibility index (Phi) is 35.5. The summed E-state index contributed by atoms with van der Waals surface area (Å²) >= 11 is 0. The number of amides is 1. The maximum atomic E-state index is 13.0. The first-order chi connectivity index (χ1) is 31.6. The number of carbonyl (C=O) groups excluding carboxylic acids is 1. The number of aliphatic hydroxyl groups is 8. The van der Waals surface area contributed by atoms with E-state index in [1.54, 1.807) is 6.08 Å². The fraction of sp³-hybridized carbons (Fsp3) is 0.941. The molecule has 12 atom stereocenters. The van der Waals surface area contributed by atoms with Crippen LogP contribution in [0.1, 0.15) is 213 Å². The van der Waals surface area contributed by atoms with Crippen LogP contribution in [0.2, 0.25) is 0 Å². The van der Waals surface area contributed by atoms with Crippen LogP contribution >= 0.6 is 0 Å². The molecule has 0 aromatic rings. The van der Waals surface area contributed by atoms with Crippen LogP contribution in [0.3, 0.4) is 0 Å². The molecule has 12 unspecified atom stereocenters. The van der Waals surface area contributed by atoms with Gasteiger partial charge in [-0.3, -0.25) is 4.79 Å². The van der Waals surface area contributed by atoms with E-state index < -0.39 is 86.8 Å². The standard InChI is InChI=1S/C51H97NO13/c1-3-5-7-9-11-12-13-14-15-16-17-18-19-20-21-22-23-24-25-26-27-28-29-30-32-34-40(55)39(52-43(56)35-33-31-10-8-6-4-2)38-62-50-48(61)46(59)49(42(37-54)64-50)65-51-47(60)45(58)44(57)41(36-53)63-51/h32,34,39-42,44-51,53-55,57-61H,3-31,33,35-38H2,1-2H3,(H,52,56)/b34-32+. The highest BCUT2D eigenvalue weighted by atomic mass is 16.7. The number of ether oxygens (including phenoxy) is 4. The molecule has 2 aliphatic rings. The Labute approximate surface area is 393 Å². The smallest absolute Gasteiger partial charge is 0.220 e. The zero-order valence-electron chi connectivity index (χ0n) is 40.7. The Balaban J connectivity index is 1.70. The second-order valence-corrected chi connectivity index (χ2v) is 19.0. The summed E-state index contributed by atoms with van der Waals surface area (Å²) in [4.78, 5) is 13.0. The third kappa shape index (κ3) is 25.8. The Morgan fingerprint density at radius 1 is 0.538 bits per heavy atom. The van der Waals surface area contributed by atoms with E-state index in [0.717, 1.165) is 51.4 Å². The molecule has 2 fully saturated rings. The summed E-state index contributed by atoms with van der Waals surface area (Å²) in [6, 6.07) is -0.906. The highest BCUT2D eigenvalue weighted by Crippen LogP contribution is 2.30. The number of hydrogen-bond acceptors (Lipinski definition) is 13. The van der Waals surface area contributed by atoms with Crippen molar-refractivity contribution in [2.24, 2.45) is 0 Å². The van der Waals surface area contributed by atoms with Crippen molar-refractivity contribution >= 4 is 5.91 Å². The SMILES string of the molecule is CCCCCCCCCCCCCCCCCCCCCCCCC/C=C/C(O)C(COC1OC(CO)C(OC2OC(CO)C(O)C(O)C2O)C(O)C1O)NC(=O)CCCCCCCC. The average molecular weight is 932 g/mol. The van der Waals surface area contributed by atoms with Gasteiger partial charge in [0.2, 0.25) is 5.91 Å². The fourth-order valence-corrected chi connectivity index (χ4v) is 8.88. The van der Waals surface area contributed by atoms with Crippen molar-refractivity contribution in [2.45, 2.75) is 286 Å². The number of aliphatic hydroxyl groups excluding tert-OH is 8. The van der Waals surface area contributed by atoms with E-state index in [4.69, 9.17) is 18.9 Å². The lowest BCUT2D eigenvalue weighted by Gasteiger charge is -2.46. The summed E-state index contributed by atoms with van der Waals surface area (Å²) in [7, 11) is 0. The number of unbranched alkanes of at least 4 members (excludes halogenated alkanes) is 28. The van der Waals surface area contributed by atoms with Gasteiger partial charge in [-0.2, -0.15) is 0 Å². The van der Waals surface area contributed by atoms with E-state index in [2.05, 4.69) is 19.2 Å². The van der Waals surface area contributed by atoms with Crippen LogP contribution < -0.4 is 5.32 Å². The minimum absolute atomic E-state index is 0.247. The molecule has 2 heterocycles. The molecule has 1 amide bonds. The topological polar surface area (TPSA) is 228 Å². The molecule has 2 rings (SSSR count). The van der Waals surface area contributed by atoms with Crippen LogP contribution in [0.5, 0.6) is 0 Å². The van der Waals surface area contributed by atoms with E-state index in [1.165, 1.54) is 135 Å². The molecule has 384 valence electrons. The first kappa shape index (κ1) is 59.9. The quantitative estimate of drug-likeness (QED) is 0.0219. The molecule has 0 aromatic heterocycles. The summed E-state index contributed by atoms with van der Waals surface area (Å²) in [6.07, 6.45) is 24.5. The Morgan fingerprint density at radius 2 is 0.954 bits per heavy atom. The van der Waals surface area contributed by atoms with Crippen molar-refractivity contribution in [3.8, 4) is 0 Å². The predicted octanol–water partition coefficient (Wildman–Crippen LogP) is 7.16. The lowest BCUT2D eigenvalue weighted by Crippen LogP contribution is -2.65. The molecule has 0 spiro atoms. The Hall–Kier alpha value is -1.27. The summed E-state index contributed by atoms with van der Waals surface area (Å²) in [6.45, 7) is 2.72. The van der Waals surface area contributed by atoms with Crippen molar-refractivity contribution < 1.29 is 64.6 Å². The molecule has 0 aromatic carbocycles. The van der Waals surface area contributed by atoms with Gasteiger partial charge in [0, 0.05) is 6.42 Å². The summed E-state index contributed by atoms with van der Waals surface area (Å²) in [5.41, 5.74) is 0. The van der Waals surface area contributed by atoms with Gasteiger partial charge in [-0.1, -0.05) is 199 Å². The van der Waals surface area contributed by atoms with Gasteiger partial charge < -0.3 is 65.1 Å². The number of nitrogens with one attached hydrogen (secondary N) is 1. The highest BCUT2D eigenvalue weighted by molar-refractivity contribution is 5.76. The summed E-state index contributed by atoms with van der Waals surface area (Å²) in [5.74, 6) is -0.247. The molecule has 9 N–H and O–H groups in total. The molecule has 2 aliphatic heterocycles. The summed E-state index contributed by atoms with van der Waals surface area (Å²) in [5, 5.41) is 86.4. The van der Waals surface area contributed by atoms with Gasteiger partial charge in [-0.05, 0) is 19.3 Å². The van der Waals surface area contributed by atoms with E-state index in [-0.39, 0.29) is 18.9 Å². The van der Waals surface area contributed by atoms with E-state index in [1.807, 2.05) is 6.08 Å². The monoisotopic (exact) mass is 932 g/mol. The third-order valence-electron chi connectivity index (χ3n) is 13.2. The largest absolute Gasteiger partial charge is 0.394 e. The first-order valence-corrected chi connectivity index (χ1v) is 26.4. The van der Waals surface area contributed by atoms with Gasteiger partial charge in [0.1, 0.15) is 48.8 Å². The fourth-order valence-electron chi connectivity index (χ4n) is 8.88. The van der Waals surface area contributed by atoms with Gasteiger partial charge in [0.05, 0.1) is 32.0 Å². The molecular weight excluding hydrogens is 835 g/mol. The minimum Gasteiger partial charge on any atom is -0.394 e. The van der Waals surface area contributed by atoms with E-state index >= 15 is 0 Å². The highest BCUT2D eigenvalue weighted by Gasteiger charge is 2.51. The van der Waals surface area contributed by atoms with Crippen molar-refractivity contribution in [1.29, 1.82) is 0 Å². The van der Waals surface area contributed by atoms with Crippen LogP contribution in [0.15, 0.2) is 12.2 Å². The molecule has 0 radical (unpaired) electrons. The number of rotatable bonds is 41. The van der Waals surface area contributed by atoms with Gasteiger partial charge in [-0.15, -0.1) is 0 Å². The van der Waals surface area contributed by atoms with Crippen LogP contribution in [-0.2, 0) is 23.7 Å². The van der Waals surface area contributed by atoms with Crippen molar-refractivity contribution in [3.63, 3.8) is 0 Å². The molecule has 14 heteroatoms. The molecular formula is C51H97NO13. The predicted molar refractivity (Wildman–Crippen MR) is 254 cm³/mol. The minimum atomic E-state index is -1.78. The van der Waals surface area contributed by atoms with E-state index in [9.17, 15) is 45.6 Å². The zero-order chi connectivity index (χ0) is 47.5. The molecule has 14 nitrogen and oxygen atoms in total. The van der Waals surface area contributed by atoms with Crippen LogP contribution in [0, 0.1) is 0 Å². The van der Waals surface area contributed by atoms with Gasteiger partial charge in [0.25, 0.3) is 0 Å². The van der Waals surface area contributed by atoms with Crippen LogP contribution in [-0.4, -0.2) is 140 Å². The lowest BCUT2D eigenvalue weighted by atomic mass is 9.97. The Morgan fingerprint density at radius 3 is 1.42 bits per heavy atom.